The van der Waals surface area contributed by atoms with E-state index in [1.54, 1.807) is 24.3 Å². The van der Waals surface area contributed by atoms with Gasteiger partial charge in [0.15, 0.2) is 0 Å². The summed E-state index contributed by atoms with van der Waals surface area (Å²) < 4.78 is 0. The summed E-state index contributed by atoms with van der Waals surface area (Å²) >= 11 is 6.11. The molecule has 2 bridgehead atoms. The molecule has 4 rings (SSSR count). The van der Waals surface area contributed by atoms with Gasteiger partial charge in [0.2, 0.25) is 5.91 Å². The predicted molar refractivity (Wildman–Crippen MR) is 101 cm³/mol. The third-order valence-corrected chi connectivity index (χ3v) is 6.13. The fourth-order valence-electron chi connectivity index (χ4n) is 4.29. The zero-order valence-electron chi connectivity index (χ0n) is 14.9. The molecule has 0 spiro atoms. The molecule has 2 fully saturated rings. The molecule has 27 heavy (non-hydrogen) atoms. The maximum absolute atomic E-state index is 12.5. The molecule has 6 nitrogen and oxygen atoms in total. The van der Waals surface area contributed by atoms with E-state index in [9.17, 15) is 14.4 Å². The molecule has 0 unspecified atom stereocenters. The van der Waals surface area contributed by atoms with Crippen LogP contribution in [0.1, 0.15) is 24.8 Å². The number of nitrogens with zero attached hydrogens (tertiary/aromatic N) is 1. The van der Waals surface area contributed by atoms with Crippen LogP contribution in [0, 0.1) is 17.8 Å². The topological polar surface area (TPSA) is 78.5 Å². The molecule has 0 aromatic heterocycles. The maximum atomic E-state index is 12.5. The largest absolute Gasteiger partial charge is 0.356 e. The minimum atomic E-state index is -0.820. The second-order valence-corrected chi connectivity index (χ2v) is 7.97. The number of imide groups is 1. The minimum absolute atomic E-state index is 0.0414. The molecule has 1 aliphatic heterocycles. The van der Waals surface area contributed by atoms with Crippen LogP contribution in [0.2, 0.25) is 5.02 Å². The second kappa shape index (κ2) is 7.35. The Hall–Kier alpha value is -2.34. The Labute approximate surface area is 162 Å². The Kier molecular flexibility index (Phi) is 4.91. The average molecular weight is 388 g/mol. The molecule has 7 heteroatoms. The number of nitrogens with one attached hydrogen (secondary N) is 2. The highest BCUT2D eigenvalue weighted by atomic mass is 35.5. The number of amides is 4. The van der Waals surface area contributed by atoms with Crippen LogP contribution in [0.4, 0.5) is 4.79 Å². The van der Waals surface area contributed by atoms with Gasteiger partial charge in [-0.05, 0) is 42.2 Å². The molecule has 2 aliphatic carbocycles. The van der Waals surface area contributed by atoms with E-state index in [2.05, 4.69) is 22.8 Å². The van der Waals surface area contributed by atoms with E-state index >= 15 is 0 Å². The Morgan fingerprint density at radius 2 is 2.04 bits per heavy atom. The van der Waals surface area contributed by atoms with Gasteiger partial charge in [-0.15, -0.1) is 0 Å². The normalized spacial score (nSPS) is 28.7. The Morgan fingerprint density at radius 1 is 1.22 bits per heavy atom. The van der Waals surface area contributed by atoms with Gasteiger partial charge in [0.05, 0.1) is 13.0 Å². The number of halogens is 1. The maximum Gasteiger partial charge on any atom is 0.325 e. The molecule has 1 aromatic carbocycles. The molecule has 1 saturated carbocycles. The van der Waals surface area contributed by atoms with Gasteiger partial charge < -0.3 is 10.6 Å². The van der Waals surface area contributed by atoms with Crippen molar-refractivity contribution in [1.29, 1.82) is 0 Å². The summed E-state index contributed by atoms with van der Waals surface area (Å²) in [5.74, 6) is 1.10. The predicted octanol–water partition coefficient (Wildman–Crippen LogP) is 2.48. The molecule has 4 amide bonds. The lowest BCUT2D eigenvalue weighted by molar-refractivity contribution is -0.131. The van der Waals surface area contributed by atoms with Gasteiger partial charge in [-0.25, -0.2) is 4.79 Å². The average Bonchev–Trinajstić information content (AvgIpc) is 3.33. The molecule has 1 heterocycles. The van der Waals surface area contributed by atoms with Crippen molar-refractivity contribution in [3.63, 3.8) is 0 Å². The SMILES string of the molecule is O=C(C[C@H]1NC(=O)N(Cc2ccccc2Cl)C1=O)NC[C@@H]1C[C@H]2C=C[C@H]1C2. The summed E-state index contributed by atoms with van der Waals surface area (Å²) in [5, 5.41) is 6.03. The number of allylic oxidation sites excluding steroid dienone is 2. The molecular formula is C20H22ClN3O3. The second-order valence-electron chi connectivity index (χ2n) is 7.57. The standard InChI is InChI=1S/C20H22ClN3O3/c21-16-4-2-1-3-14(16)11-24-19(26)17(23-20(24)27)9-18(25)22-10-15-8-12-5-6-13(15)7-12/h1-6,12-13,15,17H,7-11H2,(H,22,25)(H,23,27)/t12-,13-,15-,17+/m0/s1. The summed E-state index contributed by atoms with van der Waals surface area (Å²) in [6.07, 6.45) is 6.78. The Bertz CT molecular complexity index is 809. The number of urea groups is 1. The lowest BCUT2D eigenvalue weighted by atomic mass is 9.93. The number of carbonyl (C=O) groups is 3. The van der Waals surface area contributed by atoms with Crippen molar-refractivity contribution in [2.45, 2.75) is 31.8 Å². The van der Waals surface area contributed by atoms with Crippen LogP contribution in [0.5, 0.6) is 0 Å². The van der Waals surface area contributed by atoms with Gasteiger partial charge >= 0.3 is 6.03 Å². The molecule has 0 radical (unpaired) electrons. The number of benzene rings is 1. The van der Waals surface area contributed by atoms with Crippen molar-refractivity contribution < 1.29 is 14.4 Å². The first-order chi connectivity index (χ1) is 13.0. The van der Waals surface area contributed by atoms with Crippen molar-refractivity contribution in [3.05, 3.63) is 47.0 Å². The highest BCUT2D eigenvalue weighted by molar-refractivity contribution is 6.31. The van der Waals surface area contributed by atoms with Gasteiger partial charge in [-0.3, -0.25) is 14.5 Å². The van der Waals surface area contributed by atoms with E-state index in [1.807, 2.05) is 0 Å². The number of hydrogen-bond donors (Lipinski definition) is 2. The van der Waals surface area contributed by atoms with Crippen molar-refractivity contribution in [1.82, 2.24) is 15.5 Å². The van der Waals surface area contributed by atoms with Crippen LogP contribution < -0.4 is 10.6 Å². The summed E-state index contributed by atoms with van der Waals surface area (Å²) in [4.78, 5) is 38.1. The minimum Gasteiger partial charge on any atom is -0.356 e. The summed E-state index contributed by atoms with van der Waals surface area (Å²) in [7, 11) is 0. The summed E-state index contributed by atoms with van der Waals surface area (Å²) in [6.45, 7) is 0.725. The van der Waals surface area contributed by atoms with Gasteiger partial charge in [0, 0.05) is 11.6 Å². The fourth-order valence-corrected chi connectivity index (χ4v) is 4.49. The molecule has 4 atom stereocenters. The fraction of sp³-hybridized carbons (Fsp3) is 0.450. The lowest BCUT2D eigenvalue weighted by Gasteiger charge is -2.19. The van der Waals surface area contributed by atoms with Crippen LogP contribution in [-0.2, 0) is 16.1 Å². The summed E-state index contributed by atoms with van der Waals surface area (Å²) in [6, 6.07) is 5.76. The van der Waals surface area contributed by atoms with Crippen molar-refractivity contribution in [2.24, 2.45) is 17.8 Å². The quantitative estimate of drug-likeness (QED) is 0.581. The lowest BCUT2D eigenvalue weighted by Crippen LogP contribution is -2.38. The third-order valence-electron chi connectivity index (χ3n) is 5.76. The molecular weight excluding hydrogens is 366 g/mol. The highest BCUT2D eigenvalue weighted by Crippen LogP contribution is 2.42. The van der Waals surface area contributed by atoms with Crippen LogP contribution in [0.15, 0.2) is 36.4 Å². The van der Waals surface area contributed by atoms with Crippen LogP contribution in [0.3, 0.4) is 0 Å². The third kappa shape index (κ3) is 3.72. The Morgan fingerprint density at radius 3 is 2.74 bits per heavy atom. The summed E-state index contributed by atoms with van der Waals surface area (Å²) in [5.41, 5.74) is 0.692. The van der Waals surface area contributed by atoms with Gasteiger partial charge in [-0.2, -0.15) is 0 Å². The first-order valence-corrected chi connectivity index (χ1v) is 9.69. The zero-order valence-corrected chi connectivity index (χ0v) is 15.6. The van der Waals surface area contributed by atoms with E-state index in [4.69, 9.17) is 11.6 Å². The first kappa shape index (κ1) is 18.0. The van der Waals surface area contributed by atoms with E-state index in [1.165, 1.54) is 6.42 Å². The van der Waals surface area contributed by atoms with Crippen LogP contribution in [0.25, 0.3) is 0 Å². The van der Waals surface area contributed by atoms with E-state index < -0.39 is 18.0 Å². The molecule has 3 aliphatic rings. The molecule has 1 aromatic rings. The number of rotatable bonds is 6. The van der Waals surface area contributed by atoms with E-state index in [0.717, 1.165) is 11.3 Å². The Balaban J connectivity index is 1.30. The van der Waals surface area contributed by atoms with Crippen LogP contribution in [-0.4, -0.2) is 35.3 Å². The number of hydrogen-bond acceptors (Lipinski definition) is 3. The van der Waals surface area contributed by atoms with Crippen molar-refractivity contribution in [2.75, 3.05) is 6.54 Å². The van der Waals surface area contributed by atoms with E-state index in [0.29, 0.717) is 34.9 Å². The molecule has 1 saturated heterocycles. The van der Waals surface area contributed by atoms with Gasteiger partial charge in [-0.1, -0.05) is 42.0 Å². The molecule has 142 valence electrons. The monoisotopic (exact) mass is 387 g/mol. The highest BCUT2D eigenvalue weighted by Gasteiger charge is 2.40. The smallest absolute Gasteiger partial charge is 0.325 e. The number of carbonyl (C=O) groups excluding carboxylic acids is 3. The van der Waals surface area contributed by atoms with Gasteiger partial charge in [0.25, 0.3) is 5.91 Å². The van der Waals surface area contributed by atoms with E-state index in [-0.39, 0.29) is 18.9 Å². The van der Waals surface area contributed by atoms with Crippen LogP contribution >= 0.6 is 11.6 Å². The zero-order chi connectivity index (χ0) is 19.0. The van der Waals surface area contributed by atoms with Gasteiger partial charge in [0.1, 0.15) is 6.04 Å². The molecule has 2 N–H and O–H groups in total. The first-order valence-electron chi connectivity index (χ1n) is 9.31. The van der Waals surface area contributed by atoms with Crippen molar-refractivity contribution in [3.8, 4) is 0 Å². The number of fused-ring (bicyclic) bond motifs is 2. The van der Waals surface area contributed by atoms with Crippen molar-refractivity contribution >= 4 is 29.4 Å².